The molecule has 1 aliphatic heterocycles. The molecule has 1 unspecified atom stereocenters. The minimum atomic E-state index is -1.36. The van der Waals surface area contributed by atoms with E-state index in [2.05, 4.69) is 57.5 Å². The third kappa shape index (κ3) is 6.21. The van der Waals surface area contributed by atoms with Gasteiger partial charge in [-0.2, -0.15) is 5.26 Å². The highest BCUT2D eigenvalue weighted by atomic mass is 31.2. The molecule has 5 atom stereocenters. The molecule has 0 bridgehead atoms. The Kier molecular flexibility index (Phi) is 9.98. The molecule has 0 spiro atoms. The Morgan fingerprint density at radius 1 is 1.14 bits per heavy atom. The van der Waals surface area contributed by atoms with E-state index in [0.717, 1.165) is 12.0 Å². The Balaban J connectivity index is 2.27. The van der Waals surface area contributed by atoms with Crippen LogP contribution in [0.4, 0.5) is 0 Å². The lowest BCUT2D eigenvalue weighted by molar-refractivity contribution is -0.0108. The van der Waals surface area contributed by atoms with Crippen molar-refractivity contribution in [2.75, 3.05) is 13.7 Å². The van der Waals surface area contributed by atoms with Gasteiger partial charge >= 0.3 is 0 Å². The van der Waals surface area contributed by atoms with Crippen LogP contribution in [0.15, 0.2) is 30.3 Å². The van der Waals surface area contributed by atoms with Crippen molar-refractivity contribution in [3.63, 3.8) is 0 Å². The zero-order chi connectivity index (χ0) is 21.4. The average molecular weight is 423 g/mol. The number of benzene rings is 1. The smallest absolute Gasteiger partial charge is 0.259 e. The van der Waals surface area contributed by atoms with Crippen LogP contribution in [0.2, 0.25) is 0 Å². The SMILES string of the molecule is CC[C@H]1O[C@@H](c2ccccc2)[C@H](OC)[C@@H]1OP(OCCC#N)N(C(C)C)C(C)C. The molecule has 1 fully saturated rings. The highest BCUT2D eigenvalue weighted by molar-refractivity contribution is 7.44. The van der Waals surface area contributed by atoms with E-state index in [1.165, 1.54) is 0 Å². The molecule has 0 radical (unpaired) electrons. The number of nitrogens with zero attached hydrogens (tertiary/aromatic N) is 2. The van der Waals surface area contributed by atoms with Crippen LogP contribution in [0, 0.1) is 11.3 Å². The van der Waals surface area contributed by atoms with E-state index in [9.17, 15) is 0 Å². The summed E-state index contributed by atoms with van der Waals surface area (Å²) in [4.78, 5) is 0. The molecule has 1 aromatic carbocycles. The van der Waals surface area contributed by atoms with Gasteiger partial charge in [-0.3, -0.25) is 0 Å². The van der Waals surface area contributed by atoms with Crippen molar-refractivity contribution in [3.8, 4) is 6.07 Å². The van der Waals surface area contributed by atoms with Crippen molar-refractivity contribution in [2.45, 2.75) is 84.0 Å². The third-order valence-electron chi connectivity index (χ3n) is 4.99. The summed E-state index contributed by atoms with van der Waals surface area (Å²) in [5.74, 6) is 0. The van der Waals surface area contributed by atoms with Gasteiger partial charge in [-0.1, -0.05) is 37.3 Å². The van der Waals surface area contributed by atoms with Gasteiger partial charge < -0.3 is 18.5 Å². The largest absolute Gasteiger partial charge is 0.376 e. The number of methoxy groups -OCH3 is 1. The molecule has 0 aromatic heterocycles. The minimum absolute atomic E-state index is 0.0871. The maximum absolute atomic E-state index is 8.92. The van der Waals surface area contributed by atoms with E-state index in [1.807, 2.05) is 18.2 Å². The molecule has 2 rings (SSSR count). The highest BCUT2D eigenvalue weighted by Gasteiger charge is 2.48. The quantitative estimate of drug-likeness (QED) is 0.360. The predicted octanol–water partition coefficient (Wildman–Crippen LogP) is 5.21. The van der Waals surface area contributed by atoms with Gasteiger partial charge in [0.05, 0.1) is 25.2 Å². The second-order valence-electron chi connectivity index (χ2n) is 7.73. The fourth-order valence-corrected chi connectivity index (χ4v) is 5.52. The van der Waals surface area contributed by atoms with E-state index >= 15 is 0 Å². The summed E-state index contributed by atoms with van der Waals surface area (Å²) in [5, 5.41) is 8.92. The van der Waals surface area contributed by atoms with Crippen LogP contribution in [0.5, 0.6) is 0 Å². The van der Waals surface area contributed by atoms with Crippen LogP contribution in [-0.4, -0.2) is 48.8 Å². The first kappa shape index (κ1) is 24.2. The fraction of sp³-hybridized carbons (Fsp3) is 0.682. The van der Waals surface area contributed by atoms with Crippen molar-refractivity contribution < 1.29 is 18.5 Å². The first-order valence-electron chi connectivity index (χ1n) is 10.4. The molecule has 29 heavy (non-hydrogen) atoms. The summed E-state index contributed by atoms with van der Waals surface area (Å²) in [6.45, 7) is 11.0. The van der Waals surface area contributed by atoms with Crippen molar-refractivity contribution in [1.82, 2.24) is 4.67 Å². The predicted molar refractivity (Wildman–Crippen MR) is 115 cm³/mol. The summed E-state index contributed by atoms with van der Waals surface area (Å²) < 4.78 is 27.2. The lowest BCUT2D eigenvalue weighted by atomic mass is 10.0. The Labute approximate surface area is 177 Å². The van der Waals surface area contributed by atoms with Gasteiger partial charge in [0.15, 0.2) is 0 Å². The number of hydrogen-bond donors (Lipinski definition) is 0. The van der Waals surface area contributed by atoms with Crippen molar-refractivity contribution in [2.24, 2.45) is 0 Å². The topological polar surface area (TPSA) is 64.0 Å². The lowest BCUT2D eigenvalue weighted by Crippen LogP contribution is -2.39. The Morgan fingerprint density at radius 2 is 1.79 bits per heavy atom. The molecule has 0 aliphatic carbocycles. The van der Waals surface area contributed by atoms with E-state index < -0.39 is 8.53 Å². The second kappa shape index (κ2) is 12.0. The zero-order valence-corrected chi connectivity index (χ0v) is 19.3. The number of rotatable bonds is 11. The van der Waals surface area contributed by atoms with Gasteiger partial charge in [0.1, 0.15) is 18.3 Å². The summed E-state index contributed by atoms with van der Waals surface area (Å²) in [6.07, 6.45) is 0.412. The molecule has 7 heteroatoms. The first-order valence-corrected chi connectivity index (χ1v) is 11.6. The van der Waals surface area contributed by atoms with Crippen LogP contribution in [0.1, 0.15) is 59.1 Å². The van der Waals surface area contributed by atoms with Gasteiger partial charge in [0, 0.05) is 19.2 Å². The molecule has 0 N–H and O–H groups in total. The Bertz CT molecular complexity index is 629. The van der Waals surface area contributed by atoms with Crippen LogP contribution in [0.3, 0.4) is 0 Å². The molecule has 162 valence electrons. The average Bonchev–Trinajstić information content (AvgIpc) is 3.05. The van der Waals surface area contributed by atoms with Gasteiger partial charge in [-0.25, -0.2) is 4.67 Å². The molecular weight excluding hydrogens is 387 g/mol. The van der Waals surface area contributed by atoms with E-state index in [0.29, 0.717) is 13.0 Å². The van der Waals surface area contributed by atoms with Gasteiger partial charge in [0.2, 0.25) is 0 Å². The first-order chi connectivity index (χ1) is 13.9. The second-order valence-corrected chi connectivity index (χ2v) is 9.14. The van der Waals surface area contributed by atoms with E-state index in [1.54, 1.807) is 7.11 Å². The maximum atomic E-state index is 8.92. The molecule has 6 nitrogen and oxygen atoms in total. The Morgan fingerprint density at radius 3 is 2.31 bits per heavy atom. The normalized spacial score (nSPS) is 25.7. The number of hydrogen-bond acceptors (Lipinski definition) is 6. The number of nitriles is 1. The third-order valence-corrected chi connectivity index (χ3v) is 7.11. The fourth-order valence-electron chi connectivity index (χ4n) is 3.75. The number of ether oxygens (including phenoxy) is 2. The summed E-state index contributed by atoms with van der Waals surface area (Å²) in [5.41, 5.74) is 1.09. The zero-order valence-electron chi connectivity index (χ0n) is 18.4. The standard InChI is InChI=1S/C22H35N2O4P/c1-7-19-21(22(25-6)20(27-19)18-12-9-8-10-13-18)28-29(26-15-11-14-23)24(16(2)3)17(4)5/h8-10,12-13,16-17,19-22H,7,11,15H2,1-6H3/t19-,20+,21-,22+,29?/m1/s1. The van der Waals surface area contributed by atoms with E-state index in [4.69, 9.17) is 23.8 Å². The van der Waals surface area contributed by atoms with Crippen LogP contribution < -0.4 is 0 Å². The maximum Gasteiger partial charge on any atom is 0.259 e. The van der Waals surface area contributed by atoms with Crippen LogP contribution >= 0.6 is 8.53 Å². The minimum Gasteiger partial charge on any atom is -0.376 e. The molecule has 1 aliphatic rings. The van der Waals surface area contributed by atoms with Gasteiger partial charge in [-0.05, 0) is 39.7 Å². The summed E-state index contributed by atoms with van der Waals surface area (Å²) in [7, 11) is 0.352. The highest BCUT2D eigenvalue weighted by Crippen LogP contribution is 2.51. The van der Waals surface area contributed by atoms with Crippen LogP contribution in [-0.2, 0) is 18.5 Å². The van der Waals surface area contributed by atoms with Crippen LogP contribution in [0.25, 0.3) is 0 Å². The Hall–Kier alpha value is -1.06. The lowest BCUT2D eigenvalue weighted by Gasteiger charge is -2.38. The molecule has 0 saturated carbocycles. The molecule has 1 heterocycles. The van der Waals surface area contributed by atoms with Crippen molar-refractivity contribution in [1.29, 1.82) is 5.26 Å². The van der Waals surface area contributed by atoms with Gasteiger partial charge in [-0.15, -0.1) is 0 Å². The van der Waals surface area contributed by atoms with E-state index in [-0.39, 0.29) is 36.5 Å². The van der Waals surface area contributed by atoms with Gasteiger partial charge in [0.25, 0.3) is 8.53 Å². The van der Waals surface area contributed by atoms with Crippen molar-refractivity contribution >= 4 is 8.53 Å². The molecule has 1 aromatic rings. The van der Waals surface area contributed by atoms with Crippen molar-refractivity contribution in [3.05, 3.63) is 35.9 Å². The molecular formula is C22H35N2O4P. The monoisotopic (exact) mass is 422 g/mol. The molecule has 0 amide bonds. The summed E-state index contributed by atoms with van der Waals surface area (Å²) >= 11 is 0. The molecule has 1 saturated heterocycles. The summed E-state index contributed by atoms with van der Waals surface area (Å²) in [6, 6.07) is 12.8.